The molecule has 6 nitrogen and oxygen atoms in total. The summed E-state index contributed by atoms with van der Waals surface area (Å²) in [7, 11) is 0. The summed E-state index contributed by atoms with van der Waals surface area (Å²) < 4.78 is 23.6. The van der Waals surface area contributed by atoms with Crippen LogP contribution in [0.4, 0.5) is 4.39 Å². The van der Waals surface area contributed by atoms with Gasteiger partial charge >= 0.3 is 0 Å². The van der Waals surface area contributed by atoms with Crippen molar-refractivity contribution in [3.63, 3.8) is 0 Å². The number of thioether (sulfide) groups is 1. The lowest BCUT2D eigenvalue weighted by Gasteiger charge is -2.12. The predicted octanol–water partition coefficient (Wildman–Crippen LogP) is 2.54. The van der Waals surface area contributed by atoms with Crippen LogP contribution in [0.15, 0.2) is 53.4 Å². The monoisotopic (exact) mass is 378 g/mol. The third kappa shape index (κ3) is 6.64. The van der Waals surface area contributed by atoms with Crippen LogP contribution in [0, 0.1) is 5.82 Å². The maximum Gasteiger partial charge on any atom is 0.276 e. The fourth-order valence-corrected chi connectivity index (χ4v) is 2.58. The molecule has 2 rings (SSSR count). The molecular weight excluding hydrogens is 359 g/mol. The van der Waals surface area contributed by atoms with Gasteiger partial charge in [-0.2, -0.15) is 0 Å². The van der Waals surface area contributed by atoms with Gasteiger partial charge in [-0.15, -0.1) is 11.8 Å². The zero-order chi connectivity index (χ0) is 18.8. The lowest BCUT2D eigenvalue weighted by Crippen LogP contribution is -2.44. The van der Waals surface area contributed by atoms with Crippen molar-refractivity contribution in [2.75, 3.05) is 19.0 Å². The van der Waals surface area contributed by atoms with Crippen molar-refractivity contribution in [3.8, 4) is 11.5 Å². The van der Waals surface area contributed by atoms with Crippen molar-refractivity contribution >= 4 is 23.6 Å². The Balaban J connectivity index is 1.69. The molecule has 0 saturated carbocycles. The highest BCUT2D eigenvalue weighted by Gasteiger charge is 2.09. The number of carbonyl (C=O) groups is 2. The molecule has 0 aliphatic rings. The molecule has 0 bridgehead atoms. The number of hydrazine groups is 1. The number of nitrogens with one attached hydrogen (secondary N) is 2. The topological polar surface area (TPSA) is 76.7 Å². The number of ether oxygens (including phenoxy) is 2. The Morgan fingerprint density at radius 2 is 1.58 bits per heavy atom. The molecule has 0 radical (unpaired) electrons. The molecule has 0 aromatic heterocycles. The largest absolute Gasteiger partial charge is 0.490 e. The summed E-state index contributed by atoms with van der Waals surface area (Å²) in [6.45, 7) is 2.06. The van der Waals surface area contributed by atoms with Gasteiger partial charge in [0.15, 0.2) is 18.1 Å². The number of amides is 2. The lowest BCUT2D eigenvalue weighted by atomic mass is 10.3. The third-order valence-corrected chi connectivity index (χ3v) is 4.04. The minimum Gasteiger partial charge on any atom is -0.490 e. The molecule has 0 atom stereocenters. The normalized spacial score (nSPS) is 10.1. The minimum absolute atomic E-state index is 0.0833. The van der Waals surface area contributed by atoms with E-state index < -0.39 is 5.91 Å². The van der Waals surface area contributed by atoms with Crippen LogP contribution in [0.1, 0.15) is 6.92 Å². The van der Waals surface area contributed by atoms with Gasteiger partial charge in [0.2, 0.25) is 5.91 Å². The fourth-order valence-electron chi connectivity index (χ4n) is 1.88. The van der Waals surface area contributed by atoms with Gasteiger partial charge in [-0.1, -0.05) is 12.1 Å². The van der Waals surface area contributed by atoms with E-state index >= 15 is 0 Å². The summed E-state index contributed by atoms with van der Waals surface area (Å²) >= 11 is 1.23. The maximum absolute atomic E-state index is 12.8. The first kappa shape index (κ1) is 19.6. The molecule has 2 aromatic carbocycles. The Morgan fingerprint density at radius 3 is 2.23 bits per heavy atom. The first-order chi connectivity index (χ1) is 12.6. The second-order valence-electron chi connectivity index (χ2n) is 5.01. The highest BCUT2D eigenvalue weighted by molar-refractivity contribution is 8.00. The van der Waals surface area contributed by atoms with Gasteiger partial charge in [0.05, 0.1) is 12.4 Å². The molecule has 2 aromatic rings. The number of rotatable bonds is 8. The summed E-state index contributed by atoms with van der Waals surface area (Å²) in [4.78, 5) is 24.2. The molecule has 0 heterocycles. The Labute approximate surface area is 155 Å². The van der Waals surface area contributed by atoms with Crippen LogP contribution in [0.5, 0.6) is 11.5 Å². The van der Waals surface area contributed by atoms with E-state index in [1.54, 1.807) is 36.4 Å². The fraction of sp³-hybridized carbons (Fsp3) is 0.222. The Kier molecular flexibility index (Phi) is 7.75. The highest BCUT2D eigenvalue weighted by atomic mass is 32.2. The van der Waals surface area contributed by atoms with E-state index in [9.17, 15) is 14.0 Å². The van der Waals surface area contributed by atoms with Gasteiger partial charge in [0.25, 0.3) is 5.91 Å². The summed E-state index contributed by atoms with van der Waals surface area (Å²) in [6, 6.07) is 12.8. The van der Waals surface area contributed by atoms with Crippen LogP contribution in [-0.4, -0.2) is 30.8 Å². The molecule has 2 N–H and O–H groups in total. The summed E-state index contributed by atoms with van der Waals surface area (Å²) in [5, 5.41) is 0. The zero-order valence-corrected chi connectivity index (χ0v) is 15.0. The average molecular weight is 378 g/mol. The van der Waals surface area contributed by atoms with E-state index in [2.05, 4.69) is 10.9 Å². The molecule has 0 unspecified atom stereocenters. The van der Waals surface area contributed by atoms with Crippen LogP contribution in [0.25, 0.3) is 0 Å². The van der Waals surface area contributed by atoms with Gasteiger partial charge in [0.1, 0.15) is 5.82 Å². The standard InChI is InChI=1S/C18H19FN2O4S/c1-2-24-15-5-3-4-6-16(15)25-11-17(22)20-21-18(23)12-26-14-9-7-13(19)8-10-14/h3-10H,2,11-12H2,1H3,(H,20,22)(H,21,23). The SMILES string of the molecule is CCOc1ccccc1OCC(=O)NNC(=O)CSc1ccc(F)cc1. The number of hydrogen-bond acceptors (Lipinski definition) is 5. The molecule has 0 saturated heterocycles. The molecule has 0 aliphatic heterocycles. The Bertz CT molecular complexity index is 740. The van der Waals surface area contributed by atoms with Crippen LogP contribution >= 0.6 is 11.8 Å². The van der Waals surface area contributed by atoms with Crippen molar-refractivity contribution in [2.45, 2.75) is 11.8 Å². The van der Waals surface area contributed by atoms with E-state index in [1.807, 2.05) is 6.92 Å². The molecule has 2 amide bonds. The van der Waals surface area contributed by atoms with Crippen LogP contribution in [0.3, 0.4) is 0 Å². The highest BCUT2D eigenvalue weighted by Crippen LogP contribution is 2.26. The van der Waals surface area contributed by atoms with Crippen molar-refractivity contribution < 1.29 is 23.5 Å². The molecule has 0 fully saturated rings. The molecule has 8 heteroatoms. The molecular formula is C18H19FN2O4S. The smallest absolute Gasteiger partial charge is 0.276 e. The van der Waals surface area contributed by atoms with E-state index in [4.69, 9.17) is 9.47 Å². The van der Waals surface area contributed by atoms with E-state index in [-0.39, 0.29) is 24.1 Å². The quantitative estimate of drug-likeness (QED) is 0.545. The van der Waals surface area contributed by atoms with Crippen molar-refractivity contribution in [3.05, 3.63) is 54.3 Å². The molecule has 0 spiro atoms. The minimum atomic E-state index is -0.503. The summed E-state index contributed by atoms with van der Waals surface area (Å²) in [6.07, 6.45) is 0. The first-order valence-electron chi connectivity index (χ1n) is 7.89. The van der Waals surface area contributed by atoms with Gasteiger partial charge < -0.3 is 9.47 Å². The van der Waals surface area contributed by atoms with Crippen molar-refractivity contribution in [1.29, 1.82) is 0 Å². The molecule has 26 heavy (non-hydrogen) atoms. The number of carbonyl (C=O) groups excluding carboxylic acids is 2. The lowest BCUT2D eigenvalue weighted by molar-refractivity contribution is -0.128. The number of benzene rings is 2. The zero-order valence-electron chi connectivity index (χ0n) is 14.2. The van der Waals surface area contributed by atoms with Gasteiger partial charge in [0, 0.05) is 4.90 Å². The van der Waals surface area contributed by atoms with Gasteiger partial charge in [-0.3, -0.25) is 20.4 Å². The Hall–Kier alpha value is -2.74. The van der Waals surface area contributed by atoms with Gasteiger partial charge in [-0.25, -0.2) is 4.39 Å². The Morgan fingerprint density at radius 1 is 0.962 bits per heavy atom. The van der Waals surface area contributed by atoms with E-state index in [0.717, 1.165) is 4.90 Å². The maximum atomic E-state index is 12.8. The average Bonchev–Trinajstić information content (AvgIpc) is 2.65. The second kappa shape index (κ2) is 10.3. The third-order valence-electron chi connectivity index (χ3n) is 3.03. The van der Waals surface area contributed by atoms with E-state index in [0.29, 0.717) is 18.1 Å². The van der Waals surface area contributed by atoms with Crippen molar-refractivity contribution in [1.82, 2.24) is 10.9 Å². The predicted molar refractivity (Wildman–Crippen MR) is 96.5 cm³/mol. The van der Waals surface area contributed by atoms with Gasteiger partial charge in [-0.05, 0) is 43.3 Å². The van der Waals surface area contributed by atoms with Crippen LogP contribution in [-0.2, 0) is 9.59 Å². The molecule has 0 aliphatic carbocycles. The summed E-state index contributed by atoms with van der Waals surface area (Å²) in [5.74, 6) is -0.152. The van der Waals surface area contributed by atoms with Crippen LogP contribution in [0.2, 0.25) is 0 Å². The first-order valence-corrected chi connectivity index (χ1v) is 8.87. The van der Waals surface area contributed by atoms with Crippen molar-refractivity contribution in [2.24, 2.45) is 0 Å². The second-order valence-corrected chi connectivity index (χ2v) is 6.06. The van der Waals surface area contributed by atoms with E-state index in [1.165, 1.54) is 23.9 Å². The summed E-state index contributed by atoms with van der Waals surface area (Å²) in [5.41, 5.74) is 4.57. The molecule has 138 valence electrons. The van der Waals surface area contributed by atoms with Crippen LogP contribution < -0.4 is 20.3 Å². The number of hydrogen-bond donors (Lipinski definition) is 2. The number of para-hydroxylation sites is 2. The number of halogens is 1.